The van der Waals surface area contributed by atoms with Crippen LogP contribution in [0, 0.1) is 0 Å². The summed E-state index contributed by atoms with van der Waals surface area (Å²) in [5.74, 6) is -3.19. The van der Waals surface area contributed by atoms with Gasteiger partial charge in [-0.05, 0) is 27.7 Å². The standard InChI is InChI=1S/C15H23NO8/c1-14(2)21-8-9(22-14)11-13(24-15(3,4)23-11)20-10(8)12(19)16-6-5-7(17)18/h8-11,13H,5-6H2,1-4H3,(H,16,19)(H,17,18)/t8-,9-,10+,11+,13+/m1/s1. The Hall–Kier alpha value is -1.26. The lowest BCUT2D eigenvalue weighted by Crippen LogP contribution is -2.59. The predicted octanol–water partition coefficient (Wildman–Crippen LogP) is -0.0262. The summed E-state index contributed by atoms with van der Waals surface area (Å²) in [7, 11) is 0. The number of nitrogens with one attached hydrogen (secondary N) is 1. The van der Waals surface area contributed by atoms with Crippen LogP contribution < -0.4 is 5.32 Å². The average molecular weight is 345 g/mol. The maximum atomic E-state index is 12.4. The minimum absolute atomic E-state index is 0.00656. The molecule has 0 unspecified atom stereocenters. The van der Waals surface area contributed by atoms with E-state index >= 15 is 0 Å². The van der Waals surface area contributed by atoms with E-state index in [9.17, 15) is 9.59 Å². The van der Waals surface area contributed by atoms with Crippen LogP contribution in [0.4, 0.5) is 0 Å². The largest absolute Gasteiger partial charge is 0.481 e. The van der Waals surface area contributed by atoms with Crippen LogP contribution in [0.5, 0.6) is 0 Å². The number of hydrogen-bond acceptors (Lipinski definition) is 7. The molecular weight excluding hydrogens is 322 g/mol. The van der Waals surface area contributed by atoms with Crippen molar-refractivity contribution in [3.8, 4) is 0 Å². The van der Waals surface area contributed by atoms with E-state index in [0.717, 1.165) is 0 Å². The lowest BCUT2D eigenvalue weighted by molar-refractivity contribution is -0.231. The summed E-state index contributed by atoms with van der Waals surface area (Å²) in [6.45, 7) is 7.02. The highest BCUT2D eigenvalue weighted by Crippen LogP contribution is 2.44. The van der Waals surface area contributed by atoms with Crippen molar-refractivity contribution in [3.63, 3.8) is 0 Å². The minimum atomic E-state index is -0.992. The van der Waals surface area contributed by atoms with Crippen LogP contribution in [0.1, 0.15) is 34.1 Å². The fourth-order valence-electron chi connectivity index (χ4n) is 3.22. The second-order valence-corrected chi connectivity index (χ2v) is 7.02. The zero-order chi connectivity index (χ0) is 17.7. The van der Waals surface area contributed by atoms with Gasteiger partial charge in [0.05, 0.1) is 6.42 Å². The monoisotopic (exact) mass is 345 g/mol. The van der Waals surface area contributed by atoms with Gasteiger partial charge in [-0.3, -0.25) is 9.59 Å². The van der Waals surface area contributed by atoms with Crippen LogP contribution in [0.25, 0.3) is 0 Å². The van der Waals surface area contributed by atoms with Crippen molar-refractivity contribution in [1.29, 1.82) is 0 Å². The number of carboxylic acid groups (broad SMARTS) is 1. The molecule has 5 atom stereocenters. The number of amides is 1. The minimum Gasteiger partial charge on any atom is -0.481 e. The Morgan fingerprint density at radius 3 is 2.21 bits per heavy atom. The Labute approximate surface area is 139 Å². The molecule has 2 N–H and O–H groups in total. The molecule has 3 rings (SSSR count). The van der Waals surface area contributed by atoms with Gasteiger partial charge in [-0.2, -0.15) is 0 Å². The van der Waals surface area contributed by atoms with Crippen molar-refractivity contribution >= 4 is 11.9 Å². The van der Waals surface area contributed by atoms with E-state index in [2.05, 4.69) is 5.32 Å². The first-order chi connectivity index (χ1) is 11.1. The second kappa shape index (κ2) is 5.92. The van der Waals surface area contributed by atoms with Crippen LogP contribution in [0.3, 0.4) is 0 Å². The van der Waals surface area contributed by atoms with Gasteiger partial charge in [-0.1, -0.05) is 0 Å². The molecule has 1 amide bonds. The summed E-state index contributed by atoms with van der Waals surface area (Å²) in [4.78, 5) is 23.0. The number of aliphatic carboxylic acids is 1. The molecule has 0 spiro atoms. The lowest BCUT2D eigenvalue weighted by atomic mass is 9.98. The van der Waals surface area contributed by atoms with E-state index in [1.807, 2.05) is 0 Å². The van der Waals surface area contributed by atoms with Crippen molar-refractivity contribution in [1.82, 2.24) is 5.32 Å². The van der Waals surface area contributed by atoms with E-state index in [1.165, 1.54) is 0 Å². The molecule has 0 aliphatic carbocycles. The van der Waals surface area contributed by atoms with E-state index in [-0.39, 0.29) is 13.0 Å². The van der Waals surface area contributed by atoms with Gasteiger partial charge in [0.2, 0.25) is 0 Å². The summed E-state index contributed by atoms with van der Waals surface area (Å²) >= 11 is 0. The molecule has 3 aliphatic heterocycles. The van der Waals surface area contributed by atoms with Gasteiger partial charge < -0.3 is 34.1 Å². The van der Waals surface area contributed by atoms with Gasteiger partial charge in [-0.25, -0.2) is 0 Å². The van der Waals surface area contributed by atoms with Gasteiger partial charge in [-0.15, -0.1) is 0 Å². The average Bonchev–Trinajstić information content (AvgIpc) is 2.91. The fraction of sp³-hybridized carbons (Fsp3) is 0.867. The van der Waals surface area contributed by atoms with Crippen LogP contribution in [0.2, 0.25) is 0 Å². The number of carboxylic acids is 1. The van der Waals surface area contributed by atoms with Gasteiger partial charge >= 0.3 is 5.97 Å². The maximum Gasteiger partial charge on any atom is 0.305 e. The first-order valence-electron chi connectivity index (χ1n) is 7.94. The zero-order valence-corrected chi connectivity index (χ0v) is 14.1. The smallest absolute Gasteiger partial charge is 0.305 e. The highest BCUT2D eigenvalue weighted by Gasteiger charge is 2.62. The Balaban J connectivity index is 1.75. The first kappa shape index (κ1) is 17.6. The topological polar surface area (TPSA) is 113 Å². The summed E-state index contributed by atoms with van der Waals surface area (Å²) < 4.78 is 29.0. The number of carbonyl (C=O) groups is 2. The predicted molar refractivity (Wildman–Crippen MR) is 77.8 cm³/mol. The molecular formula is C15H23NO8. The lowest BCUT2D eigenvalue weighted by Gasteiger charge is -2.36. The van der Waals surface area contributed by atoms with Crippen molar-refractivity contribution in [3.05, 3.63) is 0 Å². The van der Waals surface area contributed by atoms with E-state index in [1.54, 1.807) is 27.7 Å². The third kappa shape index (κ3) is 3.40. The number of carbonyl (C=O) groups excluding carboxylic acids is 1. The number of fused-ring (bicyclic) bond motifs is 3. The van der Waals surface area contributed by atoms with E-state index in [4.69, 9.17) is 28.8 Å². The van der Waals surface area contributed by atoms with E-state index < -0.39 is 54.2 Å². The Bertz CT molecular complexity index is 534. The molecule has 0 aromatic carbocycles. The number of ether oxygens (including phenoxy) is 5. The molecule has 3 saturated heterocycles. The van der Waals surface area contributed by atoms with Crippen LogP contribution in [0.15, 0.2) is 0 Å². The summed E-state index contributed by atoms with van der Waals surface area (Å²) in [6, 6.07) is 0. The molecule has 24 heavy (non-hydrogen) atoms. The van der Waals surface area contributed by atoms with E-state index in [0.29, 0.717) is 0 Å². The molecule has 9 nitrogen and oxygen atoms in total. The normalized spacial score (nSPS) is 39.1. The van der Waals surface area contributed by atoms with Crippen LogP contribution >= 0.6 is 0 Å². The molecule has 0 radical (unpaired) electrons. The van der Waals surface area contributed by atoms with Crippen molar-refractivity contribution < 1.29 is 38.4 Å². The quantitative estimate of drug-likeness (QED) is 0.731. The molecule has 3 fully saturated rings. The van der Waals surface area contributed by atoms with Gasteiger partial charge in [0.1, 0.15) is 18.3 Å². The highest BCUT2D eigenvalue weighted by molar-refractivity contribution is 5.82. The molecule has 0 aromatic rings. The van der Waals surface area contributed by atoms with Gasteiger partial charge in [0.25, 0.3) is 5.91 Å². The molecule has 3 heterocycles. The third-order valence-corrected chi connectivity index (χ3v) is 4.05. The molecule has 0 bridgehead atoms. The molecule has 9 heteroatoms. The molecule has 3 aliphatic rings. The van der Waals surface area contributed by atoms with Crippen molar-refractivity contribution in [2.24, 2.45) is 0 Å². The summed E-state index contributed by atoms with van der Waals surface area (Å²) in [6.07, 6.45) is -3.58. The Morgan fingerprint density at radius 1 is 0.958 bits per heavy atom. The van der Waals surface area contributed by atoms with Gasteiger partial charge in [0, 0.05) is 6.54 Å². The third-order valence-electron chi connectivity index (χ3n) is 4.05. The van der Waals surface area contributed by atoms with Crippen LogP contribution in [-0.4, -0.2) is 65.8 Å². The Kier molecular flexibility index (Phi) is 4.33. The number of rotatable bonds is 4. The first-order valence-corrected chi connectivity index (χ1v) is 7.94. The van der Waals surface area contributed by atoms with Crippen molar-refractivity contribution in [2.45, 2.75) is 76.4 Å². The van der Waals surface area contributed by atoms with Gasteiger partial charge in [0.15, 0.2) is 24.0 Å². The number of hydrogen-bond donors (Lipinski definition) is 2. The Morgan fingerprint density at radius 2 is 1.54 bits per heavy atom. The molecule has 0 saturated carbocycles. The SMILES string of the molecule is CC1(C)O[C@@H]2O[C@H](C(=O)NCCC(=O)O)[C@@H]3OC(C)(C)O[C@H]3[C@@H]2O1. The van der Waals surface area contributed by atoms with Crippen molar-refractivity contribution in [2.75, 3.05) is 6.54 Å². The molecule has 136 valence electrons. The maximum absolute atomic E-state index is 12.4. The fourth-order valence-corrected chi connectivity index (χ4v) is 3.22. The zero-order valence-electron chi connectivity index (χ0n) is 14.1. The summed E-state index contributed by atoms with van der Waals surface area (Å²) in [5.41, 5.74) is 0. The molecule has 0 aromatic heterocycles. The second-order valence-electron chi connectivity index (χ2n) is 7.02. The highest BCUT2D eigenvalue weighted by atomic mass is 16.9. The van der Waals surface area contributed by atoms with Crippen LogP contribution in [-0.2, 0) is 33.3 Å². The summed E-state index contributed by atoms with van der Waals surface area (Å²) in [5, 5.41) is 11.2.